The SMILES string of the molecule is C=C(C)C1CCC2(CC1)CCN(c1ccc(OCC(F)(F)F)cc1)C2=O. The lowest BCUT2D eigenvalue weighted by Gasteiger charge is -2.36. The molecular weight excluding hydrogens is 343 g/mol. The monoisotopic (exact) mass is 367 g/mol. The van der Waals surface area contributed by atoms with Gasteiger partial charge in [0.15, 0.2) is 6.61 Å². The zero-order chi connectivity index (χ0) is 18.9. The van der Waals surface area contributed by atoms with Gasteiger partial charge < -0.3 is 9.64 Å². The number of amides is 1. The largest absolute Gasteiger partial charge is 0.484 e. The Morgan fingerprint density at radius 1 is 1.23 bits per heavy atom. The topological polar surface area (TPSA) is 29.5 Å². The molecule has 6 heteroatoms. The van der Waals surface area contributed by atoms with E-state index < -0.39 is 12.8 Å². The van der Waals surface area contributed by atoms with E-state index in [4.69, 9.17) is 4.74 Å². The smallest absolute Gasteiger partial charge is 0.422 e. The molecule has 2 aliphatic rings. The van der Waals surface area contributed by atoms with Crippen LogP contribution in [-0.4, -0.2) is 25.2 Å². The predicted molar refractivity (Wildman–Crippen MR) is 94.2 cm³/mol. The number of hydrogen-bond donors (Lipinski definition) is 0. The van der Waals surface area contributed by atoms with E-state index in [1.807, 2.05) is 6.92 Å². The Bertz CT molecular complexity index is 673. The highest BCUT2D eigenvalue weighted by atomic mass is 19.4. The van der Waals surface area contributed by atoms with Gasteiger partial charge in [0.1, 0.15) is 5.75 Å². The van der Waals surface area contributed by atoms with Crippen molar-refractivity contribution in [1.82, 2.24) is 0 Å². The Kier molecular flexibility index (Phi) is 5.04. The summed E-state index contributed by atoms with van der Waals surface area (Å²) in [6, 6.07) is 6.28. The van der Waals surface area contributed by atoms with Crippen molar-refractivity contribution in [3.63, 3.8) is 0 Å². The summed E-state index contributed by atoms with van der Waals surface area (Å²) in [5, 5.41) is 0. The second kappa shape index (κ2) is 6.97. The number of benzene rings is 1. The second-order valence-electron chi connectivity index (χ2n) is 7.51. The molecule has 0 unspecified atom stereocenters. The van der Waals surface area contributed by atoms with Gasteiger partial charge in [-0.3, -0.25) is 4.79 Å². The van der Waals surface area contributed by atoms with Crippen LogP contribution in [0.1, 0.15) is 39.0 Å². The lowest BCUT2D eigenvalue weighted by molar-refractivity contribution is -0.153. The van der Waals surface area contributed by atoms with E-state index in [2.05, 4.69) is 6.58 Å². The maximum absolute atomic E-state index is 13.0. The number of ether oxygens (including phenoxy) is 1. The van der Waals surface area contributed by atoms with Crippen LogP contribution >= 0.6 is 0 Å². The summed E-state index contributed by atoms with van der Waals surface area (Å²) >= 11 is 0. The van der Waals surface area contributed by atoms with Crippen LogP contribution in [-0.2, 0) is 4.79 Å². The summed E-state index contributed by atoms with van der Waals surface area (Å²) in [4.78, 5) is 14.8. The summed E-state index contributed by atoms with van der Waals surface area (Å²) in [6.45, 7) is 5.42. The van der Waals surface area contributed by atoms with Crippen molar-refractivity contribution >= 4 is 11.6 Å². The molecule has 0 radical (unpaired) electrons. The fraction of sp³-hybridized carbons (Fsp3) is 0.550. The first-order chi connectivity index (χ1) is 12.2. The van der Waals surface area contributed by atoms with Crippen molar-refractivity contribution in [2.45, 2.75) is 45.2 Å². The molecule has 0 aromatic heterocycles. The minimum atomic E-state index is -4.36. The average Bonchev–Trinajstić information content (AvgIpc) is 2.90. The number of halogens is 3. The van der Waals surface area contributed by atoms with Crippen LogP contribution in [0.4, 0.5) is 18.9 Å². The van der Waals surface area contributed by atoms with E-state index >= 15 is 0 Å². The maximum atomic E-state index is 13.0. The summed E-state index contributed by atoms with van der Waals surface area (Å²) < 4.78 is 41.4. The van der Waals surface area contributed by atoms with Crippen LogP contribution in [0, 0.1) is 11.3 Å². The molecule has 3 nitrogen and oxygen atoms in total. The number of rotatable bonds is 4. The van der Waals surface area contributed by atoms with Crippen molar-refractivity contribution in [1.29, 1.82) is 0 Å². The molecule has 1 aromatic carbocycles. The van der Waals surface area contributed by atoms with Crippen LogP contribution in [0.25, 0.3) is 0 Å². The van der Waals surface area contributed by atoms with Crippen LogP contribution in [0.3, 0.4) is 0 Å². The fourth-order valence-electron chi connectivity index (χ4n) is 4.08. The first-order valence-corrected chi connectivity index (χ1v) is 8.97. The molecule has 1 saturated heterocycles. The van der Waals surface area contributed by atoms with Gasteiger partial charge in [-0.1, -0.05) is 12.2 Å². The van der Waals surface area contributed by atoms with E-state index in [-0.39, 0.29) is 17.1 Å². The Morgan fingerprint density at radius 3 is 2.38 bits per heavy atom. The minimum absolute atomic E-state index is 0.140. The van der Waals surface area contributed by atoms with Crippen LogP contribution in [0.2, 0.25) is 0 Å². The molecular formula is C20H24F3NO2. The molecule has 3 rings (SSSR count). The van der Waals surface area contributed by atoms with Gasteiger partial charge in [-0.05, 0) is 69.2 Å². The molecule has 0 atom stereocenters. The Balaban J connectivity index is 1.64. The molecule has 1 spiro atoms. The molecule has 0 bridgehead atoms. The Morgan fingerprint density at radius 2 is 1.85 bits per heavy atom. The highest BCUT2D eigenvalue weighted by Gasteiger charge is 2.48. The normalized spacial score (nSPS) is 26.4. The number of anilines is 1. The first-order valence-electron chi connectivity index (χ1n) is 8.97. The molecule has 1 amide bonds. The zero-order valence-electron chi connectivity index (χ0n) is 14.9. The third-order valence-electron chi connectivity index (χ3n) is 5.70. The molecule has 1 heterocycles. The first kappa shape index (κ1) is 18.8. The standard InChI is InChI=1S/C20H24F3NO2/c1-14(2)15-7-9-19(10-8-15)11-12-24(18(19)25)16-3-5-17(6-4-16)26-13-20(21,22)23/h3-6,15H,1,7-13H2,2H3. The molecule has 2 fully saturated rings. The number of hydrogen-bond acceptors (Lipinski definition) is 2. The van der Waals surface area contributed by atoms with E-state index in [0.717, 1.165) is 32.1 Å². The second-order valence-corrected chi connectivity index (χ2v) is 7.51. The van der Waals surface area contributed by atoms with Gasteiger partial charge in [0.05, 0.1) is 5.41 Å². The van der Waals surface area contributed by atoms with Crippen molar-refractivity contribution in [3.8, 4) is 5.75 Å². The number of carbonyl (C=O) groups is 1. The summed E-state index contributed by atoms with van der Waals surface area (Å²) in [5.41, 5.74) is 1.63. The van der Waals surface area contributed by atoms with E-state index in [0.29, 0.717) is 18.2 Å². The third kappa shape index (κ3) is 3.89. The highest BCUT2D eigenvalue weighted by Crippen LogP contribution is 2.48. The molecule has 0 N–H and O–H groups in total. The number of alkyl halides is 3. The van der Waals surface area contributed by atoms with Gasteiger partial charge in [-0.15, -0.1) is 0 Å². The van der Waals surface area contributed by atoms with Crippen LogP contribution < -0.4 is 9.64 Å². The predicted octanol–water partition coefficient (Wildman–Crippen LogP) is 5.12. The van der Waals surface area contributed by atoms with Crippen LogP contribution in [0.5, 0.6) is 5.75 Å². The van der Waals surface area contributed by atoms with Crippen LogP contribution in [0.15, 0.2) is 36.4 Å². The lowest BCUT2D eigenvalue weighted by atomic mass is 9.68. The third-order valence-corrected chi connectivity index (χ3v) is 5.70. The van der Waals surface area contributed by atoms with Gasteiger partial charge in [0.2, 0.25) is 5.91 Å². The van der Waals surface area contributed by atoms with Gasteiger partial charge in [-0.2, -0.15) is 13.2 Å². The molecule has 26 heavy (non-hydrogen) atoms. The minimum Gasteiger partial charge on any atom is -0.484 e. The fourth-order valence-corrected chi connectivity index (χ4v) is 4.08. The molecule has 142 valence electrons. The van der Waals surface area contributed by atoms with Gasteiger partial charge in [-0.25, -0.2) is 0 Å². The highest BCUT2D eigenvalue weighted by molar-refractivity contribution is 6.00. The molecule has 1 aliphatic carbocycles. The molecule has 1 aromatic rings. The maximum Gasteiger partial charge on any atom is 0.422 e. The Hall–Kier alpha value is -1.98. The summed E-state index contributed by atoms with van der Waals surface area (Å²) in [6.07, 6.45) is 0.233. The number of nitrogens with zero attached hydrogens (tertiary/aromatic N) is 1. The average molecular weight is 367 g/mol. The summed E-state index contributed by atoms with van der Waals surface area (Å²) in [7, 11) is 0. The van der Waals surface area contributed by atoms with Crippen molar-refractivity contribution in [2.75, 3.05) is 18.1 Å². The van der Waals surface area contributed by atoms with Crippen molar-refractivity contribution in [2.24, 2.45) is 11.3 Å². The quantitative estimate of drug-likeness (QED) is 0.692. The number of carbonyl (C=O) groups excluding carboxylic acids is 1. The van der Waals surface area contributed by atoms with Gasteiger partial charge in [0.25, 0.3) is 0 Å². The van der Waals surface area contributed by atoms with Gasteiger partial charge in [0, 0.05) is 12.2 Å². The lowest BCUT2D eigenvalue weighted by Crippen LogP contribution is -2.37. The van der Waals surface area contributed by atoms with Crippen molar-refractivity contribution in [3.05, 3.63) is 36.4 Å². The van der Waals surface area contributed by atoms with E-state index in [1.54, 1.807) is 17.0 Å². The zero-order valence-corrected chi connectivity index (χ0v) is 14.9. The molecule has 1 aliphatic heterocycles. The molecule has 1 saturated carbocycles. The van der Waals surface area contributed by atoms with E-state index in [1.165, 1.54) is 17.7 Å². The van der Waals surface area contributed by atoms with E-state index in [9.17, 15) is 18.0 Å². The number of allylic oxidation sites excluding steroid dienone is 1. The summed E-state index contributed by atoms with van der Waals surface area (Å²) in [5.74, 6) is 0.795. The Labute approximate surface area is 151 Å². The van der Waals surface area contributed by atoms with Crippen molar-refractivity contribution < 1.29 is 22.7 Å². The van der Waals surface area contributed by atoms with Gasteiger partial charge >= 0.3 is 6.18 Å².